The molecule has 1 aromatic rings. The third kappa shape index (κ3) is 2.45. The lowest BCUT2D eigenvalue weighted by Gasteiger charge is -2.61. The first kappa shape index (κ1) is 19.6. The standard InChI is InChI=1S/C28H34O4/c29-23(30)27-11-17-5-18(12-27)8-25(7-17,15-27)21-1-2-22(4-3-21)26-9-19-6-20(10-26)14-28(13-19,16-26)24(31)32/h1-4,17-20H,5-16H2,(H,29,30)(H,31,32)/t17-,18-,19-,20+,25?,26?,27?,28?/m1/s1. The first-order chi connectivity index (χ1) is 15.2. The summed E-state index contributed by atoms with van der Waals surface area (Å²) < 4.78 is 0. The molecule has 8 saturated carbocycles. The maximum Gasteiger partial charge on any atom is 0.309 e. The molecule has 170 valence electrons. The maximum absolute atomic E-state index is 12.3. The highest BCUT2D eigenvalue weighted by atomic mass is 16.4. The third-order valence-corrected chi connectivity index (χ3v) is 11.1. The van der Waals surface area contributed by atoms with Gasteiger partial charge < -0.3 is 10.2 Å². The summed E-state index contributed by atoms with van der Waals surface area (Å²) in [7, 11) is 0. The Balaban J connectivity index is 1.23. The highest BCUT2D eigenvalue weighted by Gasteiger charge is 2.63. The molecule has 2 unspecified atom stereocenters. The quantitative estimate of drug-likeness (QED) is 0.653. The van der Waals surface area contributed by atoms with Crippen molar-refractivity contribution in [3.05, 3.63) is 35.4 Å². The molecule has 0 spiro atoms. The van der Waals surface area contributed by atoms with Crippen LogP contribution in [-0.4, -0.2) is 22.2 Å². The number of hydrogen-bond donors (Lipinski definition) is 2. The van der Waals surface area contributed by atoms with Gasteiger partial charge in [-0.3, -0.25) is 9.59 Å². The van der Waals surface area contributed by atoms with E-state index in [-0.39, 0.29) is 10.8 Å². The smallest absolute Gasteiger partial charge is 0.309 e. The fourth-order valence-electron chi connectivity index (χ4n) is 10.9. The van der Waals surface area contributed by atoms with Crippen LogP contribution >= 0.6 is 0 Å². The van der Waals surface area contributed by atoms with Crippen LogP contribution in [0.5, 0.6) is 0 Å². The molecule has 2 N–H and O–H groups in total. The highest BCUT2D eigenvalue weighted by molar-refractivity contribution is 5.76. The molecule has 4 heteroatoms. The lowest BCUT2D eigenvalue weighted by Crippen LogP contribution is -2.57. The third-order valence-electron chi connectivity index (χ3n) is 11.1. The molecule has 8 fully saturated rings. The SMILES string of the molecule is O=C(O)C12C[C@H]3C[C@@H](C1)CC(c1ccc(C45C[C@H]6C[C@@H](CC(C(=O)O)(C6)C4)C5)cc1)(C3)C2. The van der Waals surface area contributed by atoms with Gasteiger partial charge in [0.1, 0.15) is 0 Å². The van der Waals surface area contributed by atoms with Gasteiger partial charge in [-0.2, -0.15) is 0 Å². The van der Waals surface area contributed by atoms with Gasteiger partial charge in [0.25, 0.3) is 0 Å². The fourth-order valence-corrected chi connectivity index (χ4v) is 10.9. The Labute approximate surface area is 189 Å². The van der Waals surface area contributed by atoms with Crippen LogP contribution in [0.4, 0.5) is 0 Å². The van der Waals surface area contributed by atoms with E-state index in [0.717, 1.165) is 64.2 Å². The van der Waals surface area contributed by atoms with Crippen LogP contribution in [0.2, 0.25) is 0 Å². The van der Waals surface area contributed by atoms with Gasteiger partial charge in [-0.15, -0.1) is 0 Å². The summed E-state index contributed by atoms with van der Waals surface area (Å²) >= 11 is 0. The van der Waals surface area contributed by atoms with Crippen LogP contribution in [0.25, 0.3) is 0 Å². The van der Waals surface area contributed by atoms with E-state index in [9.17, 15) is 19.8 Å². The molecule has 8 bridgehead atoms. The summed E-state index contributed by atoms with van der Waals surface area (Å²) in [5, 5.41) is 20.2. The number of carboxylic acids is 2. The Kier molecular flexibility index (Phi) is 3.67. The summed E-state index contributed by atoms with van der Waals surface area (Å²) in [4.78, 5) is 24.6. The zero-order valence-electron chi connectivity index (χ0n) is 18.8. The van der Waals surface area contributed by atoms with E-state index >= 15 is 0 Å². The summed E-state index contributed by atoms with van der Waals surface area (Å²) in [6.07, 6.45) is 12.1. The largest absolute Gasteiger partial charge is 0.481 e. The number of benzene rings is 1. The molecule has 32 heavy (non-hydrogen) atoms. The van der Waals surface area contributed by atoms with Crippen LogP contribution in [-0.2, 0) is 20.4 Å². The molecule has 0 radical (unpaired) electrons. The van der Waals surface area contributed by atoms with Gasteiger partial charge in [0, 0.05) is 0 Å². The molecule has 1 aromatic carbocycles. The molecule has 6 atom stereocenters. The molecule has 4 nitrogen and oxygen atoms in total. The Morgan fingerprint density at radius 3 is 1.19 bits per heavy atom. The van der Waals surface area contributed by atoms with E-state index in [0.29, 0.717) is 23.7 Å². The van der Waals surface area contributed by atoms with Gasteiger partial charge in [-0.05, 0) is 123 Å². The molecule has 8 aliphatic rings. The molecule has 0 amide bonds. The van der Waals surface area contributed by atoms with Crippen LogP contribution in [0.15, 0.2) is 24.3 Å². The van der Waals surface area contributed by atoms with Crippen molar-refractivity contribution in [3.8, 4) is 0 Å². The first-order valence-electron chi connectivity index (χ1n) is 12.8. The predicted octanol–water partition coefficient (Wildman–Crippen LogP) is 5.53. The minimum Gasteiger partial charge on any atom is -0.481 e. The Morgan fingerprint density at radius 1 is 0.594 bits per heavy atom. The Bertz CT molecular complexity index is 898. The van der Waals surface area contributed by atoms with E-state index in [1.807, 2.05) is 0 Å². The van der Waals surface area contributed by atoms with E-state index in [4.69, 9.17) is 0 Å². The van der Waals surface area contributed by atoms with Crippen molar-refractivity contribution < 1.29 is 19.8 Å². The van der Waals surface area contributed by atoms with Crippen molar-refractivity contribution >= 4 is 11.9 Å². The number of carbonyl (C=O) groups is 2. The minimum absolute atomic E-state index is 0.0325. The van der Waals surface area contributed by atoms with Gasteiger partial charge in [0.15, 0.2) is 0 Å². The second-order valence-electron chi connectivity index (χ2n) is 13.2. The zero-order valence-corrected chi connectivity index (χ0v) is 18.8. The van der Waals surface area contributed by atoms with E-state index < -0.39 is 22.8 Å². The van der Waals surface area contributed by atoms with Gasteiger partial charge in [-0.1, -0.05) is 24.3 Å². The Morgan fingerprint density at radius 2 is 0.906 bits per heavy atom. The number of hydrogen-bond acceptors (Lipinski definition) is 2. The number of aliphatic carboxylic acids is 2. The molecule has 8 aliphatic carbocycles. The summed E-state index contributed by atoms with van der Waals surface area (Å²) in [6.45, 7) is 0. The van der Waals surface area contributed by atoms with E-state index in [2.05, 4.69) is 24.3 Å². The molecule has 0 aromatic heterocycles. The van der Waals surface area contributed by atoms with Crippen LogP contribution < -0.4 is 0 Å². The van der Waals surface area contributed by atoms with Gasteiger partial charge in [0.2, 0.25) is 0 Å². The predicted molar refractivity (Wildman–Crippen MR) is 119 cm³/mol. The number of carboxylic acid groups (broad SMARTS) is 2. The second kappa shape index (κ2) is 5.98. The number of rotatable bonds is 4. The van der Waals surface area contributed by atoms with E-state index in [1.165, 1.54) is 24.0 Å². The fraction of sp³-hybridized carbons (Fsp3) is 0.714. The van der Waals surface area contributed by atoms with E-state index in [1.54, 1.807) is 0 Å². The topological polar surface area (TPSA) is 74.6 Å². The van der Waals surface area contributed by atoms with Crippen molar-refractivity contribution in [2.45, 2.75) is 87.9 Å². The average molecular weight is 435 g/mol. The lowest BCUT2D eigenvalue weighted by molar-refractivity contribution is -0.168. The molecular formula is C28H34O4. The van der Waals surface area contributed by atoms with Gasteiger partial charge in [-0.25, -0.2) is 0 Å². The van der Waals surface area contributed by atoms with Crippen molar-refractivity contribution in [2.75, 3.05) is 0 Å². The molecule has 0 saturated heterocycles. The second-order valence-corrected chi connectivity index (χ2v) is 13.2. The van der Waals surface area contributed by atoms with Gasteiger partial charge in [0.05, 0.1) is 10.8 Å². The zero-order chi connectivity index (χ0) is 21.9. The van der Waals surface area contributed by atoms with Crippen molar-refractivity contribution in [3.63, 3.8) is 0 Å². The molecule has 0 heterocycles. The molecular weight excluding hydrogens is 400 g/mol. The normalized spacial score (nSPS) is 50.0. The summed E-state index contributed by atoms with van der Waals surface area (Å²) in [6, 6.07) is 9.24. The van der Waals surface area contributed by atoms with Crippen LogP contribution in [0.1, 0.15) is 88.2 Å². The average Bonchev–Trinajstić information content (AvgIpc) is 2.72. The monoisotopic (exact) mass is 434 g/mol. The van der Waals surface area contributed by atoms with Crippen molar-refractivity contribution in [1.29, 1.82) is 0 Å². The summed E-state index contributed by atoms with van der Waals surface area (Å²) in [5.74, 6) is 1.10. The highest BCUT2D eigenvalue weighted by Crippen LogP contribution is 2.67. The first-order valence-corrected chi connectivity index (χ1v) is 12.8. The Hall–Kier alpha value is -1.84. The molecule has 0 aliphatic heterocycles. The minimum atomic E-state index is -0.569. The van der Waals surface area contributed by atoms with Gasteiger partial charge >= 0.3 is 11.9 Å². The van der Waals surface area contributed by atoms with Crippen molar-refractivity contribution in [2.24, 2.45) is 34.5 Å². The lowest BCUT2D eigenvalue weighted by atomic mass is 9.42. The van der Waals surface area contributed by atoms with Crippen LogP contribution in [0.3, 0.4) is 0 Å². The van der Waals surface area contributed by atoms with Crippen LogP contribution in [0, 0.1) is 34.5 Å². The summed E-state index contributed by atoms with van der Waals surface area (Å²) in [5.41, 5.74) is 1.75. The van der Waals surface area contributed by atoms with Crippen molar-refractivity contribution in [1.82, 2.24) is 0 Å². The molecule has 9 rings (SSSR count). The maximum atomic E-state index is 12.3.